The Labute approximate surface area is 149 Å². The molecule has 0 atom stereocenters. The van der Waals surface area contributed by atoms with Gasteiger partial charge in [-0.15, -0.1) is 0 Å². The van der Waals surface area contributed by atoms with Crippen molar-refractivity contribution in [1.29, 1.82) is 0 Å². The van der Waals surface area contributed by atoms with Crippen LogP contribution >= 0.6 is 0 Å². The van der Waals surface area contributed by atoms with Crippen LogP contribution in [0.15, 0.2) is 54.6 Å². The Morgan fingerprint density at radius 1 is 1.12 bits per heavy atom. The van der Waals surface area contributed by atoms with Gasteiger partial charge < -0.3 is 15.8 Å². The second-order valence-corrected chi connectivity index (χ2v) is 6.87. The van der Waals surface area contributed by atoms with E-state index in [9.17, 15) is 4.79 Å². The first-order valence-corrected chi connectivity index (χ1v) is 8.87. The minimum absolute atomic E-state index is 0.0468. The van der Waals surface area contributed by atoms with Crippen molar-refractivity contribution in [3.05, 3.63) is 65.7 Å². The smallest absolute Gasteiger partial charge is 0.255 e. The SMILES string of the molecule is COc1ccccc1C(=O)NC[C@]1(c2ccccc2)CC[C@H](N)CC1. The number of carbonyl (C=O) groups is 1. The quantitative estimate of drug-likeness (QED) is 0.879. The fraction of sp³-hybridized carbons (Fsp3) is 0.381. The van der Waals surface area contributed by atoms with E-state index in [1.54, 1.807) is 13.2 Å². The minimum atomic E-state index is -0.0948. The molecule has 1 fully saturated rings. The van der Waals surface area contributed by atoms with Crippen molar-refractivity contribution in [2.45, 2.75) is 37.1 Å². The molecule has 2 aromatic carbocycles. The standard InChI is InChI=1S/C21H26N2O2/c1-25-19-10-6-5-9-18(19)20(24)23-15-21(13-11-17(22)12-14-21)16-7-3-2-4-8-16/h2-10,17H,11-15,22H2,1H3,(H,23,24)/t17-,21-. The molecule has 0 heterocycles. The molecule has 0 spiro atoms. The number of benzene rings is 2. The van der Waals surface area contributed by atoms with Crippen LogP contribution in [-0.2, 0) is 5.41 Å². The molecule has 1 amide bonds. The van der Waals surface area contributed by atoms with Crippen LogP contribution in [-0.4, -0.2) is 25.6 Å². The normalized spacial score (nSPS) is 23.0. The Morgan fingerprint density at radius 3 is 2.44 bits per heavy atom. The number of hydrogen-bond donors (Lipinski definition) is 2. The van der Waals surface area contributed by atoms with Crippen LogP contribution in [0.2, 0.25) is 0 Å². The van der Waals surface area contributed by atoms with E-state index in [1.165, 1.54) is 5.56 Å². The van der Waals surface area contributed by atoms with Crippen LogP contribution in [0.3, 0.4) is 0 Å². The van der Waals surface area contributed by atoms with Crippen molar-refractivity contribution < 1.29 is 9.53 Å². The van der Waals surface area contributed by atoms with E-state index in [2.05, 4.69) is 29.6 Å². The van der Waals surface area contributed by atoms with Gasteiger partial charge in [0.15, 0.2) is 0 Å². The molecule has 2 aromatic rings. The van der Waals surface area contributed by atoms with Crippen molar-refractivity contribution in [3.8, 4) is 5.75 Å². The van der Waals surface area contributed by atoms with Crippen molar-refractivity contribution >= 4 is 5.91 Å². The summed E-state index contributed by atoms with van der Waals surface area (Å²) in [6.45, 7) is 0.612. The summed E-state index contributed by atoms with van der Waals surface area (Å²) in [4.78, 5) is 12.7. The maximum atomic E-state index is 12.7. The topological polar surface area (TPSA) is 64.3 Å². The molecule has 4 heteroatoms. The average Bonchev–Trinajstić information content (AvgIpc) is 2.68. The Kier molecular flexibility index (Phi) is 5.39. The first-order valence-electron chi connectivity index (χ1n) is 8.87. The lowest BCUT2D eigenvalue weighted by molar-refractivity contribution is 0.0932. The van der Waals surface area contributed by atoms with Gasteiger partial charge in [-0.3, -0.25) is 4.79 Å². The third kappa shape index (κ3) is 3.85. The molecule has 1 aliphatic rings. The maximum absolute atomic E-state index is 12.7. The Bertz CT molecular complexity index is 707. The summed E-state index contributed by atoms with van der Waals surface area (Å²) in [5.41, 5.74) is 7.92. The molecule has 3 N–H and O–H groups in total. The van der Waals surface area contributed by atoms with Gasteiger partial charge in [-0.1, -0.05) is 42.5 Å². The molecular formula is C21H26N2O2. The van der Waals surface area contributed by atoms with Gasteiger partial charge in [0.1, 0.15) is 5.75 Å². The number of methoxy groups -OCH3 is 1. The van der Waals surface area contributed by atoms with Crippen LogP contribution in [0, 0.1) is 0 Å². The third-order valence-electron chi connectivity index (χ3n) is 5.31. The molecule has 0 radical (unpaired) electrons. The van der Waals surface area contributed by atoms with E-state index in [0.717, 1.165) is 25.7 Å². The fourth-order valence-electron chi connectivity index (χ4n) is 3.73. The van der Waals surface area contributed by atoms with Crippen molar-refractivity contribution in [2.24, 2.45) is 5.73 Å². The fourth-order valence-corrected chi connectivity index (χ4v) is 3.73. The summed E-state index contributed by atoms with van der Waals surface area (Å²) in [6.07, 6.45) is 3.95. The van der Waals surface area contributed by atoms with E-state index < -0.39 is 0 Å². The van der Waals surface area contributed by atoms with Gasteiger partial charge in [0.2, 0.25) is 0 Å². The number of carbonyl (C=O) groups excluding carboxylic acids is 1. The Hall–Kier alpha value is -2.33. The lowest BCUT2D eigenvalue weighted by Crippen LogP contribution is -2.45. The number of rotatable bonds is 5. The lowest BCUT2D eigenvalue weighted by Gasteiger charge is -2.40. The molecule has 0 saturated heterocycles. The number of ether oxygens (including phenoxy) is 1. The number of hydrogen-bond acceptors (Lipinski definition) is 3. The highest BCUT2D eigenvalue weighted by atomic mass is 16.5. The highest BCUT2D eigenvalue weighted by Crippen LogP contribution is 2.38. The zero-order valence-electron chi connectivity index (χ0n) is 14.7. The molecule has 1 saturated carbocycles. The predicted molar refractivity (Wildman–Crippen MR) is 99.9 cm³/mol. The van der Waals surface area contributed by atoms with Crippen LogP contribution in [0.25, 0.3) is 0 Å². The molecule has 0 aliphatic heterocycles. The molecule has 132 valence electrons. The van der Waals surface area contributed by atoms with E-state index in [1.807, 2.05) is 24.3 Å². The molecule has 0 aromatic heterocycles. The Balaban J connectivity index is 1.78. The molecule has 0 unspecified atom stereocenters. The number of para-hydroxylation sites is 1. The van der Waals surface area contributed by atoms with E-state index in [-0.39, 0.29) is 17.4 Å². The molecule has 1 aliphatic carbocycles. The van der Waals surface area contributed by atoms with E-state index in [0.29, 0.717) is 17.9 Å². The van der Waals surface area contributed by atoms with Gasteiger partial charge in [-0.2, -0.15) is 0 Å². The van der Waals surface area contributed by atoms with Crippen LogP contribution in [0.1, 0.15) is 41.6 Å². The number of nitrogens with two attached hydrogens (primary N) is 1. The van der Waals surface area contributed by atoms with Crippen molar-refractivity contribution in [3.63, 3.8) is 0 Å². The molecule has 3 rings (SSSR count). The van der Waals surface area contributed by atoms with Crippen molar-refractivity contribution in [2.75, 3.05) is 13.7 Å². The summed E-state index contributed by atoms with van der Waals surface area (Å²) >= 11 is 0. The minimum Gasteiger partial charge on any atom is -0.496 e. The van der Waals surface area contributed by atoms with Gasteiger partial charge in [0.25, 0.3) is 5.91 Å². The largest absolute Gasteiger partial charge is 0.496 e. The van der Waals surface area contributed by atoms with E-state index in [4.69, 9.17) is 10.5 Å². The second kappa shape index (κ2) is 7.70. The second-order valence-electron chi connectivity index (χ2n) is 6.87. The number of amides is 1. The first-order chi connectivity index (χ1) is 12.1. The maximum Gasteiger partial charge on any atom is 0.255 e. The molecule has 0 bridgehead atoms. The van der Waals surface area contributed by atoms with Gasteiger partial charge in [-0.05, 0) is 43.4 Å². The van der Waals surface area contributed by atoms with Crippen molar-refractivity contribution in [1.82, 2.24) is 5.32 Å². The third-order valence-corrected chi connectivity index (χ3v) is 5.31. The van der Waals surface area contributed by atoms with Crippen LogP contribution in [0.4, 0.5) is 0 Å². The highest BCUT2D eigenvalue weighted by molar-refractivity contribution is 5.96. The Morgan fingerprint density at radius 2 is 1.76 bits per heavy atom. The summed E-state index contributed by atoms with van der Waals surface area (Å²) in [5, 5.41) is 3.14. The van der Waals surface area contributed by atoms with Gasteiger partial charge >= 0.3 is 0 Å². The molecule has 4 nitrogen and oxygen atoms in total. The summed E-state index contributed by atoms with van der Waals surface area (Å²) < 4.78 is 5.30. The van der Waals surface area contributed by atoms with Crippen LogP contribution < -0.4 is 15.8 Å². The van der Waals surface area contributed by atoms with Gasteiger partial charge in [0, 0.05) is 18.0 Å². The highest BCUT2D eigenvalue weighted by Gasteiger charge is 2.36. The predicted octanol–water partition coefficient (Wildman–Crippen LogP) is 3.26. The van der Waals surface area contributed by atoms with Gasteiger partial charge in [-0.25, -0.2) is 0 Å². The lowest BCUT2D eigenvalue weighted by atomic mass is 9.68. The molecule has 25 heavy (non-hydrogen) atoms. The summed E-state index contributed by atoms with van der Waals surface area (Å²) in [6, 6.07) is 18.1. The zero-order valence-corrected chi connectivity index (χ0v) is 14.7. The first kappa shape index (κ1) is 17.5. The summed E-state index contributed by atoms with van der Waals surface area (Å²) in [5.74, 6) is 0.502. The van der Waals surface area contributed by atoms with Gasteiger partial charge in [0.05, 0.1) is 12.7 Å². The number of nitrogens with one attached hydrogen (secondary N) is 1. The van der Waals surface area contributed by atoms with Crippen LogP contribution in [0.5, 0.6) is 5.75 Å². The zero-order chi connectivity index (χ0) is 17.7. The molecular weight excluding hydrogens is 312 g/mol. The van der Waals surface area contributed by atoms with E-state index >= 15 is 0 Å². The monoisotopic (exact) mass is 338 g/mol. The summed E-state index contributed by atoms with van der Waals surface area (Å²) in [7, 11) is 1.58. The average molecular weight is 338 g/mol.